The minimum absolute atomic E-state index is 0.0778. The fourth-order valence-electron chi connectivity index (χ4n) is 3.17. The van der Waals surface area contributed by atoms with E-state index in [1.54, 1.807) is 12.1 Å². The standard InChI is InChI=1S/C18H29FN2/c1-4-5-12-21(15-10-11-15)13-14(2)18(20-3)16-8-6-7-9-17(16)19/h6-9,14-15,18,20H,4-5,10-13H2,1-3H3. The van der Waals surface area contributed by atoms with Crippen molar-refractivity contribution < 1.29 is 4.39 Å². The van der Waals surface area contributed by atoms with E-state index in [1.165, 1.54) is 32.2 Å². The lowest BCUT2D eigenvalue weighted by Gasteiger charge is -2.31. The summed E-state index contributed by atoms with van der Waals surface area (Å²) < 4.78 is 14.0. The molecule has 0 spiro atoms. The summed E-state index contributed by atoms with van der Waals surface area (Å²) >= 11 is 0. The third-order valence-electron chi connectivity index (χ3n) is 4.50. The van der Waals surface area contributed by atoms with Gasteiger partial charge in [0.1, 0.15) is 5.82 Å². The van der Waals surface area contributed by atoms with E-state index >= 15 is 0 Å². The lowest BCUT2D eigenvalue weighted by atomic mass is 9.93. The van der Waals surface area contributed by atoms with Crippen molar-refractivity contribution >= 4 is 0 Å². The predicted molar refractivity (Wildman–Crippen MR) is 86.9 cm³/mol. The molecular weight excluding hydrogens is 263 g/mol. The van der Waals surface area contributed by atoms with Gasteiger partial charge < -0.3 is 10.2 Å². The highest BCUT2D eigenvalue weighted by Crippen LogP contribution is 2.31. The number of rotatable bonds is 9. The van der Waals surface area contributed by atoms with E-state index in [0.29, 0.717) is 5.92 Å². The highest BCUT2D eigenvalue weighted by Gasteiger charge is 2.31. The predicted octanol–water partition coefficient (Wildman–Crippen LogP) is 3.99. The third kappa shape index (κ3) is 4.52. The fraction of sp³-hybridized carbons (Fsp3) is 0.667. The molecule has 2 rings (SSSR count). The molecule has 0 heterocycles. The molecule has 1 saturated carbocycles. The van der Waals surface area contributed by atoms with E-state index in [2.05, 4.69) is 24.1 Å². The van der Waals surface area contributed by atoms with E-state index in [4.69, 9.17) is 0 Å². The van der Waals surface area contributed by atoms with Crippen molar-refractivity contribution in [2.45, 2.75) is 51.6 Å². The first-order valence-corrected chi connectivity index (χ1v) is 8.33. The van der Waals surface area contributed by atoms with Gasteiger partial charge in [-0.3, -0.25) is 0 Å². The lowest BCUT2D eigenvalue weighted by Crippen LogP contribution is -2.37. The SMILES string of the molecule is CCCCN(CC(C)C(NC)c1ccccc1F)C1CC1. The molecule has 1 aliphatic carbocycles. The maximum absolute atomic E-state index is 14.0. The van der Waals surface area contributed by atoms with Crippen LogP contribution in [0.1, 0.15) is 51.1 Å². The average Bonchev–Trinajstić information content (AvgIpc) is 3.31. The number of unbranched alkanes of at least 4 members (excludes halogenated alkanes) is 1. The van der Waals surface area contributed by atoms with Crippen LogP contribution < -0.4 is 5.32 Å². The van der Waals surface area contributed by atoms with Crippen LogP contribution in [-0.2, 0) is 0 Å². The van der Waals surface area contributed by atoms with E-state index in [9.17, 15) is 4.39 Å². The molecule has 21 heavy (non-hydrogen) atoms. The number of nitrogens with one attached hydrogen (secondary N) is 1. The second-order valence-electron chi connectivity index (χ2n) is 6.34. The van der Waals surface area contributed by atoms with Crippen molar-refractivity contribution in [3.05, 3.63) is 35.6 Å². The number of halogens is 1. The smallest absolute Gasteiger partial charge is 0.127 e. The van der Waals surface area contributed by atoms with Gasteiger partial charge >= 0.3 is 0 Å². The quantitative estimate of drug-likeness (QED) is 0.740. The van der Waals surface area contributed by atoms with Crippen molar-refractivity contribution in [1.29, 1.82) is 0 Å². The van der Waals surface area contributed by atoms with Gasteiger partial charge in [0.15, 0.2) is 0 Å². The highest BCUT2D eigenvalue weighted by molar-refractivity contribution is 5.21. The maximum atomic E-state index is 14.0. The van der Waals surface area contributed by atoms with Crippen LogP contribution in [0, 0.1) is 11.7 Å². The summed E-state index contributed by atoms with van der Waals surface area (Å²) in [7, 11) is 1.93. The van der Waals surface area contributed by atoms with Crippen LogP contribution in [0.15, 0.2) is 24.3 Å². The molecule has 1 N–H and O–H groups in total. The summed E-state index contributed by atoms with van der Waals surface area (Å²) in [5.74, 6) is 0.291. The van der Waals surface area contributed by atoms with Crippen LogP contribution in [0.2, 0.25) is 0 Å². The molecule has 1 aliphatic rings. The number of hydrogen-bond donors (Lipinski definition) is 1. The van der Waals surface area contributed by atoms with E-state index in [1.807, 2.05) is 19.2 Å². The molecule has 0 saturated heterocycles. The highest BCUT2D eigenvalue weighted by atomic mass is 19.1. The summed E-state index contributed by atoms with van der Waals surface area (Å²) in [6.07, 6.45) is 5.16. The van der Waals surface area contributed by atoms with Crippen molar-refractivity contribution in [3.63, 3.8) is 0 Å². The zero-order chi connectivity index (χ0) is 15.2. The Labute approximate surface area is 128 Å². The molecular formula is C18H29FN2. The zero-order valence-electron chi connectivity index (χ0n) is 13.6. The Hall–Kier alpha value is -0.930. The minimum Gasteiger partial charge on any atom is -0.313 e. The molecule has 2 nitrogen and oxygen atoms in total. The Morgan fingerprint density at radius 2 is 2.05 bits per heavy atom. The monoisotopic (exact) mass is 292 g/mol. The Balaban J connectivity index is 2.01. The largest absolute Gasteiger partial charge is 0.313 e. The van der Waals surface area contributed by atoms with Crippen LogP contribution in [0.5, 0.6) is 0 Å². The van der Waals surface area contributed by atoms with Gasteiger partial charge in [0, 0.05) is 24.2 Å². The Bertz CT molecular complexity index is 431. The molecule has 1 aromatic carbocycles. The molecule has 118 valence electrons. The van der Waals surface area contributed by atoms with Crippen LogP contribution in [0.3, 0.4) is 0 Å². The summed E-state index contributed by atoms with van der Waals surface area (Å²) in [5, 5.41) is 3.31. The van der Waals surface area contributed by atoms with Crippen molar-refractivity contribution in [1.82, 2.24) is 10.2 Å². The van der Waals surface area contributed by atoms with Crippen molar-refractivity contribution in [2.24, 2.45) is 5.92 Å². The average molecular weight is 292 g/mol. The van der Waals surface area contributed by atoms with Crippen LogP contribution in [0.4, 0.5) is 4.39 Å². The van der Waals surface area contributed by atoms with E-state index in [-0.39, 0.29) is 11.9 Å². The molecule has 0 radical (unpaired) electrons. The maximum Gasteiger partial charge on any atom is 0.127 e. The first kappa shape index (κ1) is 16.4. The fourth-order valence-corrected chi connectivity index (χ4v) is 3.17. The second-order valence-corrected chi connectivity index (χ2v) is 6.34. The van der Waals surface area contributed by atoms with Crippen molar-refractivity contribution in [3.8, 4) is 0 Å². The molecule has 2 atom stereocenters. The Morgan fingerprint density at radius 1 is 1.33 bits per heavy atom. The molecule has 0 amide bonds. The first-order chi connectivity index (χ1) is 10.2. The lowest BCUT2D eigenvalue weighted by molar-refractivity contribution is 0.201. The zero-order valence-corrected chi connectivity index (χ0v) is 13.6. The first-order valence-electron chi connectivity index (χ1n) is 8.33. The van der Waals surface area contributed by atoms with Crippen LogP contribution in [-0.4, -0.2) is 31.1 Å². The summed E-state index contributed by atoms with van der Waals surface area (Å²) in [5.41, 5.74) is 0.790. The number of hydrogen-bond acceptors (Lipinski definition) is 2. The van der Waals surface area contributed by atoms with Crippen LogP contribution in [0.25, 0.3) is 0 Å². The summed E-state index contributed by atoms with van der Waals surface area (Å²) in [6.45, 7) is 6.70. The van der Waals surface area contributed by atoms with Gasteiger partial charge in [-0.2, -0.15) is 0 Å². The van der Waals surface area contributed by atoms with Gasteiger partial charge in [0.05, 0.1) is 0 Å². The van der Waals surface area contributed by atoms with Crippen molar-refractivity contribution in [2.75, 3.05) is 20.1 Å². The van der Waals surface area contributed by atoms with Crippen LogP contribution >= 0.6 is 0 Å². The van der Waals surface area contributed by atoms with Gasteiger partial charge in [-0.15, -0.1) is 0 Å². The van der Waals surface area contributed by atoms with E-state index in [0.717, 1.165) is 18.2 Å². The topological polar surface area (TPSA) is 15.3 Å². The summed E-state index contributed by atoms with van der Waals surface area (Å²) in [6, 6.07) is 7.99. The van der Waals surface area contributed by atoms with Gasteiger partial charge in [-0.05, 0) is 44.8 Å². The minimum atomic E-state index is -0.102. The Kier molecular flexibility index (Phi) is 6.19. The Morgan fingerprint density at radius 3 is 2.62 bits per heavy atom. The molecule has 2 unspecified atom stereocenters. The molecule has 1 fully saturated rings. The van der Waals surface area contributed by atoms with Gasteiger partial charge in [0.2, 0.25) is 0 Å². The second kappa shape index (κ2) is 7.90. The molecule has 1 aromatic rings. The van der Waals surface area contributed by atoms with Gasteiger partial charge in [-0.1, -0.05) is 38.5 Å². The molecule has 0 aromatic heterocycles. The van der Waals surface area contributed by atoms with E-state index < -0.39 is 0 Å². The normalized spacial score (nSPS) is 18.0. The summed E-state index contributed by atoms with van der Waals surface area (Å²) in [4.78, 5) is 2.61. The van der Waals surface area contributed by atoms with Gasteiger partial charge in [-0.25, -0.2) is 4.39 Å². The molecule has 0 aliphatic heterocycles. The van der Waals surface area contributed by atoms with Gasteiger partial charge in [0.25, 0.3) is 0 Å². The number of benzene rings is 1. The third-order valence-corrected chi connectivity index (χ3v) is 4.50. The molecule has 0 bridgehead atoms. The molecule has 3 heteroatoms. The number of nitrogens with zero attached hydrogens (tertiary/aromatic N) is 1.